The third-order valence-corrected chi connectivity index (χ3v) is 6.68. The molecule has 14 heteroatoms. The molecule has 2 N–H and O–H groups in total. The van der Waals surface area contributed by atoms with Gasteiger partial charge in [0.2, 0.25) is 10.0 Å². The SMILES string of the molecule is COC(=O)c1ccccc1CS(=O)(=O)Nc1ccc(-c2ccc(C(O)(C(F)(F)F)C(F)(F)F)cc2F)cc1. The van der Waals surface area contributed by atoms with Crippen molar-refractivity contribution in [3.05, 3.63) is 89.2 Å². The second-order valence-electron chi connectivity index (χ2n) is 7.99. The molecule has 0 fully saturated rings. The average molecular weight is 565 g/mol. The lowest BCUT2D eigenvalue weighted by Gasteiger charge is -2.32. The van der Waals surface area contributed by atoms with E-state index in [1.807, 2.05) is 0 Å². The molecule has 3 rings (SSSR count). The zero-order chi connectivity index (χ0) is 28.5. The molecule has 0 aliphatic rings. The number of aliphatic hydroxyl groups is 1. The Morgan fingerprint density at radius 2 is 1.50 bits per heavy atom. The van der Waals surface area contributed by atoms with Crippen molar-refractivity contribution in [2.75, 3.05) is 11.8 Å². The first-order chi connectivity index (χ1) is 17.5. The van der Waals surface area contributed by atoms with E-state index in [4.69, 9.17) is 0 Å². The topological polar surface area (TPSA) is 92.7 Å². The number of nitrogens with one attached hydrogen (secondary N) is 1. The van der Waals surface area contributed by atoms with Gasteiger partial charge in [0.25, 0.3) is 5.60 Å². The van der Waals surface area contributed by atoms with E-state index in [0.717, 1.165) is 7.11 Å². The van der Waals surface area contributed by atoms with E-state index in [2.05, 4.69) is 9.46 Å². The monoisotopic (exact) mass is 565 g/mol. The van der Waals surface area contributed by atoms with E-state index >= 15 is 0 Å². The van der Waals surface area contributed by atoms with Gasteiger partial charge in [-0.3, -0.25) is 4.72 Å². The maximum absolute atomic E-state index is 14.6. The maximum atomic E-state index is 14.6. The molecule has 0 amide bonds. The molecule has 0 saturated heterocycles. The van der Waals surface area contributed by atoms with Crippen LogP contribution < -0.4 is 4.72 Å². The second-order valence-corrected chi connectivity index (χ2v) is 9.71. The Hall–Kier alpha value is -3.65. The molecule has 0 atom stereocenters. The fourth-order valence-corrected chi connectivity index (χ4v) is 4.78. The highest BCUT2D eigenvalue weighted by Gasteiger charge is 2.71. The number of anilines is 1. The minimum absolute atomic E-state index is 0.00408. The number of hydrogen-bond donors (Lipinski definition) is 2. The molecule has 38 heavy (non-hydrogen) atoms. The third-order valence-electron chi connectivity index (χ3n) is 5.44. The summed E-state index contributed by atoms with van der Waals surface area (Å²) in [4.78, 5) is 11.9. The van der Waals surface area contributed by atoms with Gasteiger partial charge >= 0.3 is 18.3 Å². The number of carbonyl (C=O) groups excluding carboxylic acids is 1. The molecule has 204 valence electrons. The van der Waals surface area contributed by atoms with Crippen molar-refractivity contribution < 1.29 is 53.8 Å². The summed E-state index contributed by atoms with van der Waals surface area (Å²) in [5.41, 5.74) is -7.24. The van der Waals surface area contributed by atoms with Crippen LogP contribution in [-0.2, 0) is 26.1 Å². The standard InChI is InChI=1S/C24H18F7NO5S/c1-37-21(33)19-5-3-2-4-15(19)13-38(35,36)32-17-9-6-14(7-10-17)18-11-8-16(12-20(18)25)22(34,23(26,27)28)24(29,30)31/h2-12,32,34H,13H2,1H3. The molecule has 0 aliphatic heterocycles. The summed E-state index contributed by atoms with van der Waals surface area (Å²) in [5.74, 6) is -2.82. The number of halogens is 7. The zero-order valence-corrected chi connectivity index (χ0v) is 20.0. The molecule has 3 aromatic rings. The predicted octanol–water partition coefficient (Wildman–Crippen LogP) is 5.53. The molecule has 0 spiro atoms. The van der Waals surface area contributed by atoms with E-state index in [0.29, 0.717) is 12.1 Å². The molecule has 0 heterocycles. The summed E-state index contributed by atoms with van der Waals surface area (Å²) >= 11 is 0. The van der Waals surface area contributed by atoms with Crippen molar-refractivity contribution in [2.45, 2.75) is 23.7 Å². The smallest absolute Gasteiger partial charge is 0.430 e. The molecule has 0 unspecified atom stereocenters. The molecule has 0 aromatic heterocycles. The first-order valence-electron chi connectivity index (χ1n) is 10.4. The number of carbonyl (C=O) groups is 1. The Morgan fingerprint density at radius 3 is 2.03 bits per heavy atom. The van der Waals surface area contributed by atoms with Gasteiger partial charge in [-0.1, -0.05) is 42.5 Å². The summed E-state index contributed by atoms with van der Waals surface area (Å²) in [6, 6.07) is 11.5. The third kappa shape index (κ3) is 5.75. The van der Waals surface area contributed by atoms with Gasteiger partial charge in [-0.25, -0.2) is 17.6 Å². The molecule has 3 aromatic carbocycles. The van der Waals surface area contributed by atoms with Crippen molar-refractivity contribution in [3.63, 3.8) is 0 Å². The van der Waals surface area contributed by atoms with Gasteiger partial charge in [0.05, 0.1) is 18.4 Å². The van der Waals surface area contributed by atoms with Crippen LogP contribution >= 0.6 is 0 Å². The van der Waals surface area contributed by atoms with Gasteiger partial charge in [-0.2, -0.15) is 26.3 Å². The van der Waals surface area contributed by atoms with E-state index in [1.165, 1.54) is 48.5 Å². The Bertz CT molecular complexity index is 1420. The van der Waals surface area contributed by atoms with E-state index in [-0.39, 0.29) is 28.4 Å². The molecule has 0 aliphatic carbocycles. The normalized spacial score (nSPS) is 12.8. The summed E-state index contributed by atoms with van der Waals surface area (Å²) in [5, 5.41) is 9.45. The Balaban J connectivity index is 1.85. The van der Waals surface area contributed by atoms with Gasteiger partial charge in [0.15, 0.2) is 0 Å². The summed E-state index contributed by atoms with van der Waals surface area (Å²) in [6.07, 6.45) is -12.3. The lowest BCUT2D eigenvalue weighted by Crippen LogP contribution is -2.53. The van der Waals surface area contributed by atoms with Gasteiger partial charge in [-0.15, -0.1) is 0 Å². The second kappa shape index (κ2) is 10.3. The van der Waals surface area contributed by atoms with Crippen molar-refractivity contribution in [1.29, 1.82) is 0 Å². The van der Waals surface area contributed by atoms with Crippen LogP contribution in [0.1, 0.15) is 21.5 Å². The number of ether oxygens (including phenoxy) is 1. The van der Waals surface area contributed by atoms with Gasteiger partial charge in [-0.05, 0) is 35.4 Å². The van der Waals surface area contributed by atoms with Crippen LogP contribution in [0.25, 0.3) is 11.1 Å². The van der Waals surface area contributed by atoms with Crippen LogP contribution in [-0.4, -0.2) is 39.0 Å². The summed E-state index contributed by atoms with van der Waals surface area (Å²) < 4.78 is 125. The van der Waals surface area contributed by atoms with Crippen molar-refractivity contribution in [1.82, 2.24) is 0 Å². The number of alkyl halides is 6. The van der Waals surface area contributed by atoms with E-state index < -0.39 is 56.6 Å². The van der Waals surface area contributed by atoms with Crippen LogP contribution in [0, 0.1) is 5.82 Å². The Labute approximate surface area is 211 Å². The van der Waals surface area contributed by atoms with Crippen LogP contribution in [0.3, 0.4) is 0 Å². The fraction of sp³-hybridized carbons (Fsp3) is 0.208. The maximum Gasteiger partial charge on any atom is 0.430 e. The fourth-order valence-electron chi connectivity index (χ4n) is 3.56. The lowest BCUT2D eigenvalue weighted by atomic mass is 9.90. The minimum atomic E-state index is -6.17. The first-order valence-corrected chi connectivity index (χ1v) is 12.1. The number of esters is 1. The van der Waals surface area contributed by atoms with Crippen LogP contribution in [0.5, 0.6) is 0 Å². The molecule has 0 bridgehead atoms. The quantitative estimate of drug-likeness (QED) is 0.290. The summed E-state index contributed by atoms with van der Waals surface area (Å²) in [7, 11) is -2.92. The van der Waals surface area contributed by atoms with Gasteiger partial charge in [0, 0.05) is 16.8 Å². The molecule has 0 saturated carbocycles. The van der Waals surface area contributed by atoms with Crippen LogP contribution in [0.15, 0.2) is 66.7 Å². The number of benzene rings is 3. The van der Waals surface area contributed by atoms with Gasteiger partial charge < -0.3 is 9.84 Å². The molecule has 6 nitrogen and oxygen atoms in total. The number of hydrogen-bond acceptors (Lipinski definition) is 5. The number of methoxy groups -OCH3 is 1. The highest BCUT2D eigenvalue weighted by atomic mass is 32.2. The number of sulfonamides is 1. The first kappa shape index (κ1) is 28.9. The minimum Gasteiger partial charge on any atom is -0.465 e. The largest absolute Gasteiger partial charge is 0.465 e. The Kier molecular flexibility index (Phi) is 7.80. The highest BCUT2D eigenvalue weighted by Crippen LogP contribution is 2.50. The molecular formula is C24H18F7NO5S. The molecular weight excluding hydrogens is 547 g/mol. The number of rotatable bonds is 7. The summed E-state index contributed by atoms with van der Waals surface area (Å²) in [6.45, 7) is 0. The predicted molar refractivity (Wildman–Crippen MR) is 122 cm³/mol. The highest BCUT2D eigenvalue weighted by molar-refractivity contribution is 7.91. The van der Waals surface area contributed by atoms with Gasteiger partial charge in [0.1, 0.15) is 5.82 Å². The van der Waals surface area contributed by atoms with Crippen LogP contribution in [0.2, 0.25) is 0 Å². The van der Waals surface area contributed by atoms with Crippen molar-refractivity contribution in [2.24, 2.45) is 0 Å². The van der Waals surface area contributed by atoms with Crippen molar-refractivity contribution >= 4 is 21.7 Å². The van der Waals surface area contributed by atoms with Crippen LogP contribution in [0.4, 0.5) is 36.4 Å². The Morgan fingerprint density at radius 1 is 0.921 bits per heavy atom. The lowest BCUT2D eigenvalue weighted by molar-refractivity contribution is -0.376. The van der Waals surface area contributed by atoms with Crippen molar-refractivity contribution in [3.8, 4) is 11.1 Å². The van der Waals surface area contributed by atoms with E-state index in [9.17, 15) is 49.1 Å². The van der Waals surface area contributed by atoms with E-state index in [1.54, 1.807) is 0 Å². The molecule has 0 radical (unpaired) electrons. The average Bonchev–Trinajstić information content (AvgIpc) is 2.82. The zero-order valence-electron chi connectivity index (χ0n) is 19.2.